The predicted molar refractivity (Wildman–Crippen MR) is 113 cm³/mol. The van der Waals surface area contributed by atoms with Crippen molar-refractivity contribution in [3.05, 3.63) is 72.2 Å². The van der Waals surface area contributed by atoms with E-state index in [4.69, 9.17) is 4.42 Å². The Morgan fingerprint density at radius 3 is 1.93 bits per heavy atom. The molecule has 0 bridgehead atoms. The van der Waals surface area contributed by atoms with Crippen molar-refractivity contribution in [3.63, 3.8) is 0 Å². The van der Waals surface area contributed by atoms with Gasteiger partial charge in [-0.05, 0) is 48.0 Å². The number of ketones is 1. The zero-order valence-corrected chi connectivity index (χ0v) is 16.9. The normalized spacial score (nSPS) is 9.32. The largest absolute Gasteiger partial charge is 0.508 e. The van der Waals surface area contributed by atoms with Gasteiger partial charge in [0.1, 0.15) is 5.75 Å². The Hall–Kier alpha value is -3.34. The van der Waals surface area contributed by atoms with Crippen LogP contribution in [0.3, 0.4) is 0 Å². The van der Waals surface area contributed by atoms with Crippen LogP contribution in [0.15, 0.2) is 65.3 Å². The Bertz CT molecular complexity index is 878. The van der Waals surface area contributed by atoms with Gasteiger partial charge >= 0.3 is 0 Å². The van der Waals surface area contributed by atoms with Crippen LogP contribution >= 0.6 is 0 Å². The highest BCUT2D eigenvalue weighted by Gasteiger charge is 2.09. The fourth-order valence-electron chi connectivity index (χ4n) is 2.23. The number of furan rings is 1. The Balaban J connectivity index is 0.000000921. The second kappa shape index (κ2) is 11.4. The highest BCUT2D eigenvalue weighted by atomic mass is 16.3. The van der Waals surface area contributed by atoms with Crippen LogP contribution in [0.25, 0.3) is 11.1 Å². The summed E-state index contributed by atoms with van der Waals surface area (Å²) in [7, 11) is 0. The molecule has 148 valence electrons. The topological polar surface area (TPSA) is 79.5 Å². The summed E-state index contributed by atoms with van der Waals surface area (Å²) in [6, 6.07) is 14.9. The van der Waals surface area contributed by atoms with Crippen LogP contribution in [0.1, 0.15) is 55.5 Å². The smallest absolute Gasteiger partial charge is 0.255 e. The van der Waals surface area contributed by atoms with E-state index >= 15 is 0 Å². The van der Waals surface area contributed by atoms with Crippen molar-refractivity contribution in [1.29, 1.82) is 0 Å². The molecular formula is C23H27NO4. The number of phenolic OH excluding ortho intramolecular Hbond substituents is 1. The third-order valence-electron chi connectivity index (χ3n) is 3.55. The fourth-order valence-corrected chi connectivity index (χ4v) is 2.23. The van der Waals surface area contributed by atoms with Crippen LogP contribution in [-0.4, -0.2) is 16.8 Å². The Morgan fingerprint density at radius 2 is 1.43 bits per heavy atom. The number of nitrogens with one attached hydrogen (secondary N) is 1. The molecule has 0 fully saturated rings. The Morgan fingerprint density at radius 1 is 0.857 bits per heavy atom. The maximum Gasteiger partial charge on any atom is 0.255 e. The molecule has 2 N–H and O–H groups in total. The third-order valence-corrected chi connectivity index (χ3v) is 3.55. The molecule has 0 aliphatic heterocycles. The molecule has 5 nitrogen and oxygen atoms in total. The lowest BCUT2D eigenvalue weighted by Crippen LogP contribution is -2.11. The maximum atomic E-state index is 12.1. The SMILES string of the molecule is CC.CC.CC(=O)c1cc(-c2ccc(NC(=O)c3ccc(O)cc3)cc2)co1. The first kappa shape index (κ1) is 22.7. The molecule has 2 aromatic carbocycles. The molecule has 28 heavy (non-hydrogen) atoms. The van der Waals surface area contributed by atoms with Gasteiger partial charge in [0.25, 0.3) is 5.91 Å². The van der Waals surface area contributed by atoms with Gasteiger partial charge in [0.15, 0.2) is 11.5 Å². The second-order valence-electron chi connectivity index (χ2n) is 5.33. The van der Waals surface area contributed by atoms with E-state index in [2.05, 4.69) is 5.32 Å². The Kier molecular flexibility index (Phi) is 9.23. The van der Waals surface area contributed by atoms with Crippen molar-refractivity contribution < 1.29 is 19.1 Å². The van der Waals surface area contributed by atoms with E-state index in [1.165, 1.54) is 25.3 Å². The average Bonchev–Trinajstić information content (AvgIpc) is 3.23. The molecule has 3 rings (SSSR count). The first-order valence-electron chi connectivity index (χ1n) is 9.33. The van der Waals surface area contributed by atoms with Gasteiger partial charge in [0.05, 0.1) is 6.26 Å². The lowest BCUT2D eigenvalue weighted by atomic mass is 10.1. The minimum absolute atomic E-state index is 0.112. The molecule has 0 atom stereocenters. The standard InChI is InChI=1S/C19H15NO4.2C2H6/c1-12(21)18-10-15(11-24-18)13-2-6-16(7-3-13)20-19(23)14-4-8-17(22)9-5-14;2*1-2/h2-11,22H,1H3,(H,20,23);2*1-2H3. The molecule has 1 heterocycles. The van der Waals surface area contributed by atoms with Gasteiger partial charge in [-0.3, -0.25) is 9.59 Å². The van der Waals surface area contributed by atoms with E-state index in [-0.39, 0.29) is 17.4 Å². The van der Waals surface area contributed by atoms with Crippen LogP contribution in [0.4, 0.5) is 5.69 Å². The summed E-state index contributed by atoms with van der Waals surface area (Å²) >= 11 is 0. The molecule has 0 radical (unpaired) electrons. The summed E-state index contributed by atoms with van der Waals surface area (Å²) in [4.78, 5) is 23.4. The molecule has 1 amide bonds. The molecule has 0 spiro atoms. The molecule has 5 heteroatoms. The molecule has 0 aliphatic carbocycles. The molecule has 3 aromatic rings. The van der Waals surface area contributed by atoms with Gasteiger partial charge in [-0.15, -0.1) is 0 Å². The van der Waals surface area contributed by atoms with Crippen molar-refractivity contribution in [1.82, 2.24) is 0 Å². The van der Waals surface area contributed by atoms with Crippen molar-refractivity contribution in [2.45, 2.75) is 34.6 Å². The average molecular weight is 381 g/mol. The highest BCUT2D eigenvalue weighted by Crippen LogP contribution is 2.24. The summed E-state index contributed by atoms with van der Waals surface area (Å²) in [5.41, 5.74) is 2.79. The van der Waals surface area contributed by atoms with Crippen LogP contribution in [-0.2, 0) is 0 Å². The zero-order valence-electron chi connectivity index (χ0n) is 16.9. The first-order valence-corrected chi connectivity index (χ1v) is 9.33. The zero-order chi connectivity index (χ0) is 21.1. The molecule has 0 aliphatic rings. The summed E-state index contributed by atoms with van der Waals surface area (Å²) in [6.45, 7) is 9.45. The minimum Gasteiger partial charge on any atom is -0.508 e. The van der Waals surface area contributed by atoms with E-state index in [9.17, 15) is 14.7 Å². The quantitative estimate of drug-likeness (QED) is 0.530. The van der Waals surface area contributed by atoms with Gasteiger partial charge in [-0.2, -0.15) is 0 Å². The summed E-state index contributed by atoms with van der Waals surface area (Å²) in [6.07, 6.45) is 1.53. The number of rotatable bonds is 4. The number of aromatic hydroxyl groups is 1. The number of Topliss-reactive ketones (excluding diaryl/α,β-unsaturated/α-hetero) is 1. The van der Waals surface area contributed by atoms with Gasteiger partial charge in [-0.25, -0.2) is 0 Å². The number of carbonyl (C=O) groups excluding carboxylic acids is 2. The van der Waals surface area contributed by atoms with E-state index in [1.807, 2.05) is 39.8 Å². The van der Waals surface area contributed by atoms with Crippen LogP contribution in [0.5, 0.6) is 5.75 Å². The third kappa shape index (κ3) is 6.13. The molecule has 0 saturated carbocycles. The van der Waals surface area contributed by atoms with E-state index in [1.54, 1.807) is 30.3 Å². The summed E-state index contributed by atoms with van der Waals surface area (Å²) in [5, 5.41) is 12.0. The monoisotopic (exact) mass is 381 g/mol. The van der Waals surface area contributed by atoms with Crippen LogP contribution in [0.2, 0.25) is 0 Å². The maximum absolute atomic E-state index is 12.1. The van der Waals surface area contributed by atoms with Gasteiger partial charge in [0.2, 0.25) is 0 Å². The minimum atomic E-state index is -0.259. The van der Waals surface area contributed by atoms with E-state index in [0.717, 1.165) is 11.1 Å². The number of hydrogen-bond acceptors (Lipinski definition) is 4. The number of benzene rings is 2. The number of hydrogen-bond donors (Lipinski definition) is 2. The molecule has 0 saturated heterocycles. The van der Waals surface area contributed by atoms with Gasteiger partial charge in [-0.1, -0.05) is 39.8 Å². The number of amides is 1. The van der Waals surface area contributed by atoms with Gasteiger partial charge < -0.3 is 14.8 Å². The van der Waals surface area contributed by atoms with Crippen molar-refractivity contribution in [2.24, 2.45) is 0 Å². The lowest BCUT2D eigenvalue weighted by molar-refractivity contribution is 0.0985. The second-order valence-corrected chi connectivity index (χ2v) is 5.33. The molecule has 1 aromatic heterocycles. The molecular weight excluding hydrogens is 354 g/mol. The van der Waals surface area contributed by atoms with Crippen LogP contribution < -0.4 is 5.32 Å². The summed E-state index contributed by atoms with van der Waals surface area (Å²) < 4.78 is 5.20. The Labute approximate surface area is 166 Å². The van der Waals surface area contributed by atoms with Crippen LogP contribution in [0, 0.1) is 0 Å². The summed E-state index contributed by atoms with van der Waals surface area (Å²) in [5.74, 6) is 0.0413. The lowest BCUT2D eigenvalue weighted by Gasteiger charge is -2.06. The molecule has 0 unspecified atom stereocenters. The van der Waals surface area contributed by atoms with Crippen molar-refractivity contribution in [2.75, 3.05) is 5.32 Å². The van der Waals surface area contributed by atoms with Crippen molar-refractivity contribution >= 4 is 17.4 Å². The van der Waals surface area contributed by atoms with E-state index < -0.39 is 0 Å². The number of phenols is 1. The van der Waals surface area contributed by atoms with Gasteiger partial charge in [0, 0.05) is 23.7 Å². The van der Waals surface area contributed by atoms with E-state index in [0.29, 0.717) is 17.0 Å². The highest BCUT2D eigenvalue weighted by molar-refractivity contribution is 6.04. The first-order chi connectivity index (χ1) is 13.5. The predicted octanol–water partition coefficient (Wildman–Crippen LogP) is 6.16. The number of anilines is 1. The number of carbonyl (C=O) groups is 2. The fraction of sp³-hybridized carbons (Fsp3) is 0.217. The van der Waals surface area contributed by atoms with Crippen molar-refractivity contribution in [3.8, 4) is 16.9 Å².